The highest BCUT2D eigenvalue weighted by molar-refractivity contribution is 6.22. The first-order chi connectivity index (χ1) is 5.16. The number of cyclic esters (lactones) is 1. The molecule has 4 nitrogen and oxygen atoms in total. The Labute approximate surface area is 63.5 Å². The number of allylic oxidation sites excluding steroid dienone is 1. The lowest BCUT2D eigenvalue weighted by atomic mass is 10.1. The van der Waals surface area contributed by atoms with Crippen molar-refractivity contribution in [2.75, 3.05) is 6.61 Å². The lowest BCUT2D eigenvalue weighted by Crippen LogP contribution is -2.04. The van der Waals surface area contributed by atoms with Gasteiger partial charge in [-0.15, -0.1) is 0 Å². The highest BCUT2D eigenvalue weighted by atomic mass is 16.5. The molecule has 0 aromatic rings. The summed E-state index contributed by atoms with van der Waals surface area (Å²) in [5.41, 5.74) is -0.187. The molecule has 1 aliphatic rings. The smallest absolute Gasteiger partial charge is 0.345 e. The van der Waals surface area contributed by atoms with Crippen LogP contribution in [0.3, 0.4) is 0 Å². The highest BCUT2D eigenvalue weighted by Gasteiger charge is 2.31. The zero-order valence-electron chi connectivity index (χ0n) is 6.09. The Balaban J connectivity index is 3.01. The number of Topliss-reactive ketones (excluding diaryl/α,β-unsaturated/α-hetero) is 1. The molecule has 0 spiro atoms. The zero-order valence-corrected chi connectivity index (χ0v) is 6.09. The summed E-state index contributed by atoms with van der Waals surface area (Å²) in [5.74, 6) is -1.33. The molecule has 0 radical (unpaired) electrons. The molecule has 1 saturated heterocycles. The Kier molecular flexibility index (Phi) is 1.94. The number of hydrogen-bond acceptors (Lipinski definition) is 4. The predicted molar refractivity (Wildman–Crippen MR) is 35.9 cm³/mol. The van der Waals surface area contributed by atoms with Crippen LogP contribution in [-0.2, 0) is 14.3 Å². The van der Waals surface area contributed by atoms with Crippen LogP contribution in [0.5, 0.6) is 0 Å². The lowest BCUT2D eigenvalue weighted by molar-refractivity contribution is -0.135. The van der Waals surface area contributed by atoms with E-state index in [2.05, 4.69) is 4.74 Å². The van der Waals surface area contributed by atoms with Gasteiger partial charge in [0.15, 0.2) is 6.61 Å². The van der Waals surface area contributed by atoms with Crippen LogP contribution in [0.2, 0.25) is 0 Å². The van der Waals surface area contributed by atoms with Crippen molar-refractivity contribution < 1.29 is 19.4 Å². The van der Waals surface area contributed by atoms with E-state index in [4.69, 9.17) is 5.11 Å². The summed E-state index contributed by atoms with van der Waals surface area (Å²) in [6.07, 6.45) is 0.274. The summed E-state index contributed by atoms with van der Waals surface area (Å²) in [5, 5.41) is 9.06. The number of rotatable bonds is 1. The molecular weight excluding hydrogens is 148 g/mol. The Morgan fingerprint density at radius 1 is 1.64 bits per heavy atom. The third kappa shape index (κ3) is 1.24. The number of hydrogen-bond donors (Lipinski definition) is 1. The molecule has 11 heavy (non-hydrogen) atoms. The van der Waals surface area contributed by atoms with E-state index >= 15 is 0 Å². The van der Waals surface area contributed by atoms with Crippen LogP contribution in [0.25, 0.3) is 0 Å². The molecule has 0 bridgehead atoms. The van der Waals surface area contributed by atoms with E-state index in [1.165, 1.54) is 0 Å². The summed E-state index contributed by atoms with van der Waals surface area (Å²) < 4.78 is 4.39. The molecule has 0 aromatic carbocycles. The Morgan fingerprint density at radius 3 is 2.64 bits per heavy atom. The average Bonchev–Trinajstić information content (AvgIpc) is 2.30. The largest absolute Gasteiger partial charge is 0.511 e. The number of esters is 1. The van der Waals surface area contributed by atoms with Gasteiger partial charge < -0.3 is 9.84 Å². The quantitative estimate of drug-likeness (QED) is 0.257. The fourth-order valence-electron chi connectivity index (χ4n) is 0.845. The van der Waals surface area contributed by atoms with Gasteiger partial charge in [0.2, 0.25) is 5.78 Å². The molecule has 1 rings (SSSR count). The Hall–Kier alpha value is -1.32. The van der Waals surface area contributed by atoms with E-state index < -0.39 is 11.8 Å². The van der Waals surface area contributed by atoms with Gasteiger partial charge in [0.25, 0.3) is 0 Å². The molecule has 4 heteroatoms. The van der Waals surface area contributed by atoms with Gasteiger partial charge in [0.1, 0.15) is 11.3 Å². The fraction of sp³-hybridized carbons (Fsp3) is 0.429. The van der Waals surface area contributed by atoms with Gasteiger partial charge in [0, 0.05) is 6.42 Å². The van der Waals surface area contributed by atoms with Crippen molar-refractivity contribution in [3.8, 4) is 0 Å². The number of carbonyl (C=O) groups is 2. The van der Waals surface area contributed by atoms with Crippen molar-refractivity contribution in [3.63, 3.8) is 0 Å². The second-order valence-corrected chi connectivity index (χ2v) is 2.17. The van der Waals surface area contributed by atoms with Crippen molar-refractivity contribution in [2.24, 2.45) is 0 Å². The van der Waals surface area contributed by atoms with E-state index in [9.17, 15) is 9.59 Å². The van der Waals surface area contributed by atoms with Crippen molar-refractivity contribution in [2.45, 2.75) is 13.3 Å². The van der Waals surface area contributed by atoms with Gasteiger partial charge in [0.05, 0.1) is 0 Å². The molecule has 1 aliphatic heterocycles. The van der Waals surface area contributed by atoms with Gasteiger partial charge in [-0.25, -0.2) is 4.79 Å². The summed E-state index contributed by atoms with van der Waals surface area (Å²) in [4.78, 5) is 21.5. The minimum Gasteiger partial charge on any atom is -0.511 e. The maximum atomic E-state index is 10.8. The summed E-state index contributed by atoms with van der Waals surface area (Å²) in [6.45, 7) is 1.42. The number of carbonyl (C=O) groups excluding carboxylic acids is 2. The van der Waals surface area contributed by atoms with E-state index in [-0.39, 0.29) is 24.4 Å². The minimum atomic E-state index is -0.714. The van der Waals surface area contributed by atoms with E-state index in [1.54, 1.807) is 6.92 Å². The molecule has 0 unspecified atom stereocenters. The van der Waals surface area contributed by atoms with Crippen molar-refractivity contribution in [1.29, 1.82) is 0 Å². The second kappa shape index (κ2) is 2.74. The summed E-state index contributed by atoms with van der Waals surface area (Å²) >= 11 is 0. The number of aliphatic hydroxyl groups is 1. The standard InChI is InChI=1S/C7H8O4/c1-2-4(8)6-5(9)3-11-7(6)10/h8H,2-3H2,1H3/b6-4+. The minimum absolute atomic E-state index is 0.183. The van der Waals surface area contributed by atoms with Crippen LogP contribution in [0, 0.1) is 0 Å². The lowest BCUT2D eigenvalue weighted by Gasteiger charge is -1.94. The number of ketones is 1. The van der Waals surface area contributed by atoms with Crippen molar-refractivity contribution >= 4 is 11.8 Å². The first-order valence-corrected chi connectivity index (χ1v) is 3.29. The molecule has 0 atom stereocenters. The number of ether oxygens (including phenoxy) is 1. The topological polar surface area (TPSA) is 63.6 Å². The molecule has 0 amide bonds. The molecule has 0 aromatic heterocycles. The third-order valence-electron chi connectivity index (χ3n) is 1.44. The molecule has 1 fully saturated rings. The number of aliphatic hydroxyl groups excluding tert-OH is 1. The molecule has 0 saturated carbocycles. The SMILES string of the molecule is CC/C(O)=C1/C(=O)COC1=O. The molecule has 1 N–H and O–H groups in total. The van der Waals surface area contributed by atoms with Crippen LogP contribution < -0.4 is 0 Å². The van der Waals surface area contributed by atoms with Crippen LogP contribution in [0.4, 0.5) is 0 Å². The van der Waals surface area contributed by atoms with E-state index in [1.807, 2.05) is 0 Å². The van der Waals surface area contributed by atoms with Crippen LogP contribution in [0.15, 0.2) is 11.3 Å². The normalized spacial score (nSPS) is 21.9. The van der Waals surface area contributed by atoms with Gasteiger partial charge in [-0.1, -0.05) is 6.92 Å². The summed E-state index contributed by atoms with van der Waals surface area (Å²) in [7, 11) is 0. The van der Waals surface area contributed by atoms with Crippen LogP contribution in [-0.4, -0.2) is 23.5 Å². The summed E-state index contributed by atoms with van der Waals surface area (Å²) in [6, 6.07) is 0. The van der Waals surface area contributed by atoms with Crippen LogP contribution >= 0.6 is 0 Å². The maximum absolute atomic E-state index is 10.8. The average molecular weight is 156 g/mol. The maximum Gasteiger partial charge on any atom is 0.345 e. The monoisotopic (exact) mass is 156 g/mol. The Bertz CT molecular complexity index is 221. The molecule has 1 heterocycles. The highest BCUT2D eigenvalue weighted by Crippen LogP contribution is 2.14. The van der Waals surface area contributed by atoms with Crippen molar-refractivity contribution in [3.05, 3.63) is 11.3 Å². The third-order valence-corrected chi connectivity index (χ3v) is 1.44. The first kappa shape index (κ1) is 7.78. The van der Waals surface area contributed by atoms with Crippen LogP contribution in [0.1, 0.15) is 13.3 Å². The van der Waals surface area contributed by atoms with E-state index in [0.717, 1.165) is 0 Å². The molecule has 60 valence electrons. The zero-order chi connectivity index (χ0) is 8.43. The van der Waals surface area contributed by atoms with Gasteiger partial charge >= 0.3 is 5.97 Å². The Morgan fingerprint density at radius 2 is 2.27 bits per heavy atom. The predicted octanol–water partition coefficient (Wildman–Crippen LogP) is 0.334. The van der Waals surface area contributed by atoms with Crippen molar-refractivity contribution in [1.82, 2.24) is 0 Å². The van der Waals surface area contributed by atoms with Gasteiger partial charge in [-0.3, -0.25) is 4.79 Å². The molecule has 0 aliphatic carbocycles. The second-order valence-electron chi connectivity index (χ2n) is 2.17. The fourth-order valence-corrected chi connectivity index (χ4v) is 0.845. The van der Waals surface area contributed by atoms with Gasteiger partial charge in [-0.05, 0) is 0 Å². The van der Waals surface area contributed by atoms with Gasteiger partial charge in [-0.2, -0.15) is 0 Å². The first-order valence-electron chi connectivity index (χ1n) is 3.29. The molecular formula is C7H8O4. The van der Waals surface area contributed by atoms with E-state index in [0.29, 0.717) is 0 Å².